The highest BCUT2D eigenvalue weighted by Crippen LogP contribution is 2.37. The smallest absolute Gasteiger partial charge is 0.334 e. The van der Waals surface area contributed by atoms with Gasteiger partial charge in [-0.1, -0.05) is 0 Å². The number of fused-ring (bicyclic) bond motifs is 1. The molecular weight excluding hydrogens is 410 g/mol. The first-order valence-electron chi connectivity index (χ1n) is 10.3. The zero-order chi connectivity index (χ0) is 22.7. The first-order chi connectivity index (χ1) is 15.5. The van der Waals surface area contributed by atoms with Crippen molar-refractivity contribution in [2.24, 2.45) is 5.73 Å². The highest BCUT2D eigenvalue weighted by molar-refractivity contribution is 5.90. The van der Waals surface area contributed by atoms with E-state index in [-0.39, 0.29) is 0 Å². The van der Waals surface area contributed by atoms with Crippen molar-refractivity contribution in [1.82, 2.24) is 14.9 Å². The Kier molecular flexibility index (Phi) is 6.29. The van der Waals surface area contributed by atoms with Gasteiger partial charge in [-0.25, -0.2) is 14.8 Å². The van der Waals surface area contributed by atoms with Gasteiger partial charge in [0.15, 0.2) is 11.5 Å². The molecule has 9 heteroatoms. The van der Waals surface area contributed by atoms with Crippen LogP contribution in [0.4, 0.5) is 10.5 Å². The normalized spacial score (nSPS) is 14.8. The van der Waals surface area contributed by atoms with E-state index in [1.54, 1.807) is 26.5 Å². The predicted octanol–water partition coefficient (Wildman–Crippen LogP) is 3.09. The second-order valence-electron chi connectivity index (χ2n) is 7.54. The van der Waals surface area contributed by atoms with Crippen LogP contribution in [0.15, 0.2) is 48.7 Å². The molecule has 1 saturated heterocycles. The molecule has 32 heavy (non-hydrogen) atoms. The Hall–Kier alpha value is -3.56. The van der Waals surface area contributed by atoms with E-state index in [9.17, 15) is 4.79 Å². The molecule has 0 atom stereocenters. The Labute approximate surface area is 186 Å². The fourth-order valence-corrected chi connectivity index (χ4v) is 3.74. The van der Waals surface area contributed by atoms with Crippen LogP contribution in [0.3, 0.4) is 0 Å². The lowest BCUT2D eigenvalue weighted by atomic mass is 10.2. The Bertz CT molecular complexity index is 1100. The number of ether oxygens (including phenoxy) is 3. The second-order valence-corrected chi connectivity index (χ2v) is 7.54. The zero-order valence-electron chi connectivity index (χ0n) is 18.4. The van der Waals surface area contributed by atoms with E-state index in [1.165, 1.54) is 5.01 Å². The number of urea groups is 1. The van der Waals surface area contributed by atoms with Crippen molar-refractivity contribution >= 4 is 22.6 Å². The van der Waals surface area contributed by atoms with Crippen molar-refractivity contribution in [3.05, 3.63) is 48.7 Å². The number of rotatable bonds is 6. The molecule has 1 aliphatic heterocycles. The van der Waals surface area contributed by atoms with Gasteiger partial charge in [-0.05, 0) is 43.4 Å². The lowest BCUT2D eigenvalue weighted by Crippen LogP contribution is -2.56. The van der Waals surface area contributed by atoms with Crippen LogP contribution in [-0.2, 0) is 0 Å². The fraction of sp³-hybridized carbons (Fsp3) is 0.304. The molecule has 0 unspecified atom stereocenters. The minimum atomic E-state index is -0.510. The summed E-state index contributed by atoms with van der Waals surface area (Å²) in [6.45, 7) is 3.20. The molecule has 1 fully saturated rings. The quantitative estimate of drug-likeness (QED) is 0.633. The first-order valence-corrected chi connectivity index (χ1v) is 10.3. The number of methoxy groups -OCH3 is 2. The predicted molar refractivity (Wildman–Crippen MR) is 122 cm³/mol. The summed E-state index contributed by atoms with van der Waals surface area (Å²) >= 11 is 0. The number of primary amides is 1. The molecular formula is C23H27N5O4. The van der Waals surface area contributed by atoms with Crippen LogP contribution in [0.25, 0.3) is 10.9 Å². The molecule has 0 aliphatic carbocycles. The topological polar surface area (TPSA) is 93.4 Å². The summed E-state index contributed by atoms with van der Waals surface area (Å²) in [7, 11) is 5.24. The number of hydrazine groups is 1. The number of piperazine rings is 1. The molecule has 3 aromatic rings. The van der Waals surface area contributed by atoms with Crippen molar-refractivity contribution in [3.63, 3.8) is 0 Å². The maximum Gasteiger partial charge on any atom is 0.334 e. The van der Waals surface area contributed by atoms with Gasteiger partial charge < -0.3 is 24.8 Å². The number of aromatic nitrogens is 1. The Morgan fingerprint density at radius 3 is 2.25 bits per heavy atom. The van der Waals surface area contributed by atoms with Gasteiger partial charge in [-0.15, -0.1) is 0 Å². The highest BCUT2D eigenvalue weighted by Gasteiger charge is 2.24. The lowest BCUT2D eigenvalue weighted by molar-refractivity contribution is 0.145. The highest BCUT2D eigenvalue weighted by atomic mass is 16.5. The van der Waals surface area contributed by atoms with E-state index in [0.29, 0.717) is 28.7 Å². The van der Waals surface area contributed by atoms with E-state index >= 15 is 0 Å². The molecule has 0 spiro atoms. The molecule has 2 heterocycles. The molecule has 4 rings (SSSR count). The molecule has 2 amide bonds. The fourth-order valence-electron chi connectivity index (χ4n) is 3.74. The minimum Gasteiger partial charge on any atom is -0.493 e. The van der Waals surface area contributed by atoms with Gasteiger partial charge in [0.1, 0.15) is 11.5 Å². The number of benzene rings is 2. The van der Waals surface area contributed by atoms with Gasteiger partial charge in [0.25, 0.3) is 0 Å². The molecule has 2 aromatic carbocycles. The van der Waals surface area contributed by atoms with E-state index in [0.717, 1.165) is 37.1 Å². The van der Waals surface area contributed by atoms with Gasteiger partial charge >= 0.3 is 6.03 Å². The summed E-state index contributed by atoms with van der Waals surface area (Å²) < 4.78 is 16.9. The van der Waals surface area contributed by atoms with Gasteiger partial charge in [-0.2, -0.15) is 0 Å². The molecule has 1 aliphatic rings. The van der Waals surface area contributed by atoms with Crippen molar-refractivity contribution in [1.29, 1.82) is 0 Å². The number of amides is 2. The third-order valence-electron chi connectivity index (χ3n) is 5.49. The molecule has 1 aromatic heterocycles. The average molecular weight is 438 g/mol. The summed E-state index contributed by atoms with van der Waals surface area (Å²) in [6, 6.07) is 12.2. The van der Waals surface area contributed by atoms with Crippen LogP contribution >= 0.6 is 0 Å². The third-order valence-corrected chi connectivity index (χ3v) is 5.49. The summed E-state index contributed by atoms with van der Waals surface area (Å²) in [5.41, 5.74) is 7.10. The number of pyridine rings is 1. The van der Waals surface area contributed by atoms with Gasteiger partial charge in [0.05, 0.1) is 25.4 Å². The number of hydrogen-bond donors (Lipinski definition) is 1. The van der Waals surface area contributed by atoms with Gasteiger partial charge in [0.2, 0.25) is 0 Å². The van der Waals surface area contributed by atoms with Gasteiger partial charge in [0, 0.05) is 43.8 Å². The van der Waals surface area contributed by atoms with E-state index in [2.05, 4.69) is 16.9 Å². The molecule has 0 saturated carbocycles. The summed E-state index contributed by atoms with van der Waals surface area (Å²) in [5.74, 6) is 2.45. The minimum absolute atomic E-state index is 0.510. The maximum atomic E-state index is 12.1. The summed E-state index contributed by atoms with van der Waals surface area (Å²) in [5, 5.41) is 4.29. The SMILES string of the molecule is COc1cc2nccc(Oc3ccc(N(C(N)=O)N4CCN(C)CC4)cc3)c2cc1OC. The summed E-state index contributed by atoms with van der Waals surface area (Å²) in [4.78, 5) is 18.8. The van der Waals surface area contributed by atoms with Crippen molar-refractivity contribution in [2.75, 3.05) is 52.5 Å². The first kappa shape index (κ1) is 21.7. The number of nitrogens with zero attached hydrogens (tertiary/aromatic N) is 4. The number of nitrogens with two attached hydrogens (primary N) is 1. The van der Waals surface area contributed by atoms with E-state index in [1.807, 2.05) is 41.4 Å². The lowest BCUT2D eigenvalue weighted by Gasteiger charge is -2.39. The summed E-state index contributed by atoms with van der Waals surface area (Å²) in [6.07, 6.45) is 1.68. The molecule has 9 nitrogen and oxygen atoms in total. The zero-order valence-corrected chi connectivity index (χ0v) is 18.4. The third kappa shape index (κ3) is 4.39. The number of hydrogen-bond acceptors (Lipinski definition) is 7. The molecule has 0 bridgehead atoms. The maximum absolute atomic E-state index is 12.1. The van der Waals surface area contributed by atoms with Crippen LogP contribution in [0, 0.1) is 0 Å². The Morgan fingerprint density at radius 1 is 0.969 bits per heavy atom. The average Bonchev–Trinajstić information content (AvgIpc) is 2.80. The number of anilines is 1. The number of carbonyl (C=O) groups is 1. The largest absolute Gasteiger partial charge is 0.493 e. The Balaban J connectivity index is 1.58. The standard InChI is InChI=1S/C23H27N5O4/c1-26-10-12-27(13-11-26)28(23(24)29)16-4-6-17(7-5-16)32-20-8-9-25-19-15-22(31-3)21(30-2)14-18(19)20/h4-9,14-15H,10-13H2,1-3H3,(H2,24,29). The van der Waals surface area contributed by atoms with Crippen molar-refractivity contribution in [3.8, 4) is 23.0 Å². The van der Waals surface area contributed by atoms with Crippen molar-refractivity contribution in [2.45, 2.75) is 0 Å². The van der Waals surface area contributed by atoms with Crippen LogP contribution in [0.5, 0.6) is 23.0 Å². The van der Waals surface area contributed by atoms with Gasteiger partial charge in [-0.3, -0.25) is 4.98 Å². The van der Waals surface area contributed by atoms with Crippen LogP contribution in [-0.4, -0.2) is 68.4 Å². The molecule has 2 N–H and O–H groups in total. The van der Waals surface area contributed by atoms with Crippen LogP contribution in [0.2, 0.25) is 0 Å². The Morgan fingerprint density at radius 2 is 1.62 bits per heavy atom. The number of carbonyl (C=O) groups excluding carboxylic acids is 1. The van der Waals surface area contributed by atoms with Crippen LogP contribution in [0.1, 0.15) is 0 Å². The van der Waals surface area contributed by atoms with Crippen molar-refractivity contribution < 1.29 is 19.0 Å². The molecule has 0 radical (unpaired) electrons. The van der Waals surface area contributed by atoms with Crippen LogP contribution < -0.4 is 25.0 Å². The van der Waals surface area contributed by atoms with E-state index in [4.69, 9.17) is 19.9 Å². The number of likely N-dealkylation sites (N-methyl/N-ethyl adjacent to an activating group) is 1. The van der Waals surface area contributed by atoms with E-state index < -0.39 is 6.03 Å². The molecule has 168 valence electrons. The second kappa shape index (κ2) is 9.29. The monoisotopic (exact) mass is 437 g/mol.